The van der Waals surface area contributed by atoms with E-state index in [1.165, 1.54) is 45.3 Å². The monoisotopic (exact) mass is 226 g/mol. The zero-order valence-electron chi connectivity index (χ0n) is 10.7. The number of nitrogens with one attached hydrogen (secondary N) is 1. The van der Waals surface area contributed by atoms with Gasteiger partial charge in [0.15, 0.2) is 0 Å². The van der Waals surface area contributed by atoms with Gasteiger partial charge in [-0.25, -0.2) is 0 Å². The topological polar surface area (TPSA) is 24.5 Å². The molecule has 0 aromatic rings. The first-order valence-corrected chi connectivity index (χ1v) is 6.79. The second-order valence-electron chi connectivity index (χ2n) is 5.35. The van der Waals surface area contributed by atoms with Crippen molar-refractivity contribution < 1.29 is 4.74 Å². The number of methoxy groups -OCH3 is 1. The fourth-order valence-corrected chi connectivity index (χ4v) is 2.69. The van der Waals surface area contributed by atoms with Crippen molar-refractivity contribution in [1.82, 2.24) is 10.2 Å². The summed E-state index contributed by atoms with van der Waals surface area (Å²) in [6.07, 6.45) is 5.36. The van der Waals surface area contributed by atoms with Crippen LogP contribution in [0.5, 0.6) is 0 Å². The number of likely N-dealkylation sites (tertiary alicyclic amines) is 1. The predicted molar refractivity (Wildman–Crippen MR) is 66.7 cm³/mol. The van der Waals surface area contributed by atoms with E-state index in [0.717, 1.165) is 24.6 Å². The van der Waals surface area contributed by atoms with E-state index >= 15 is 0 Å². The zero-order chi connectivity index (χ0) is 11.4. The van der Waals surface area contributed by atoms with Gasteiger partial charge in [0.1, 0.15) is 0 Å². The van der Waals surface area contributed by atoms with Gasteiger partial charge in [0.05, 0.1) is 6.61 Å². The van der Waals surface area contributed by atoms with Crippen LogP contribution in [0.2, 0.25) is 0 Å². The van der Waals surface area contributed by atoms with Crippen LogP contribution in [-0.4, -0.2) is 50.3 Å². The molecule has 0 amide bonds. The van der Waals surface area contributed by atoms with E-state index in [1.54, 1.807) is 0 Å². The summed E-state index contributed by atoms with van der Waals surface area (Å²) in [5, 5.41) is 3.66. The van der Waals surface area contributed by atoms with Crippen LogP contribution in [0.15, 0.2) is 0 Å². The van der Waals surface area contributed by atoms with E-state index in [0.29, 0.717) is 0 Å². The highest BCUT2D eigenvalue weighted by Gasteiger charge is 2.28. The van der Waals surface area contributed by atoms with Gasteiger partial charge in [-0.05, 0) is 38.1 Å². The van der Waals surface area contributed by atoms with Crippen LogP contribution in [0.25, 0.3) is 0 Å². The molecule has 0 aromatic carbocycles. The molecule has 2 fully saturated rings. The van der Waals surface area contributed by atoms with Gasteiger partial charge < -0.3 is 10.1 Å². The highest BCUT2D eigenvalue weighted by Crippen LogP contribution is 2.22. The smallest absolute Gasteiger partial charge is 0.0503 e. The Labute approximate surface area is 99.5 Å². The lowest BCUT2D eigenvalue weighted by Crippen LogP contribution is -2.41. The number of nitrogens with zero attached hydrogens (tertiary/aromatic N) is 1. The highest BCUT2D eigenvalue weighted by atomic mass is 16.5. The average molecular weight is 226 g/mol. The lowest BCUT2D eigenvalue weighted by molar-refractivity contribution is 0.145. The maximum absolute atomic E-state index is 5.25. The first kappa shape index (κ1) is 12.3. The first-order chi connectivity index (χ1) is 7.83. The van der Waals surface area contributed by atoms with E-state index < -0.39 is 0 Å². The third-order valence-corrected chi connectivity index (χ3v) is 3.93. The van der Waals surface area contributed by atoms with Crippen molar-refractivity contribution in [2.75, 3.05) is 33.4 Å². The van der Waals surface area contributed by atoms with Crippen LogP contribution < -0.4 is 5.32 Å². The first-order valence-electron chi connectivity index (χ1n) is 6.79. The summed E-state index contributed by atoms with van der Waals surface area (Å²) in [7, 11) is 1.81. The number of ether oxygens (including phenoxy) is 1. The summed E-state index contributed by atoms with van der Waals surface area (Å²) in [5.74, 6) is 0.764. The summed E-state index contributed by atoms with van der Waals surface area (Å²) in [6, 6.07) is 1.58. The van der Waals surface area contributed by atoms with Crippen molar-refractivity contribution in [3.63, 3.8) is 0 Å². The van der Waals surface area contributed by atoms with E-state index in [4.69, 9.17) is 4.74 Å². The van der Waals surface area contributed by atoms with Crippen molar-refractivity contribution in [3.8, 4) is 0 Å². The highest BCUT2D eigenvalue weighted by molar-refractivity contribution is 4.86. The molecular formula is C13H26N2O. The molecule has 2 unspecified atom stereocenters. The zero-order valence-corrected chi connectivity index (χ0v) is 10.7. The third kappa shape index (κ3) is 3.44. The number of hydrogen-bond acceptors (Lipinski definition) is 3. The SMILES string of the molecule is CCC(CNC1CC1)N1CCC(COC)C1. The van der Waals surface area contributed by atoms with Gasteiger partial charge in [0.2, 0.25) is 0 Å². The Kier molecular flexibility index (Phi) is 4.62. The molecule has 1 heterocycles. The lowest BCUT2D eigenvalue weighted by atomic mass is 10.1. The van der Waals surface area contributed by atoms with E-state index in [9.17, 15) is 0 Å². The Balaban J connectivity index is 1.71. The van der Waals surface area contributed by atoms with Gasteiger partial charge in [-0.15, -0.1) is 0 Å². The molecule has 0 aromatic heterocycles. The molecule has 2 aliphatic rings. The lowest BCUT2D eigenvalue weighted by Gasteiger charge is -2.27. The van der Waals surface area contributed by atoms with Crippen molar-refractivity contribution in [2.45, 2.75) is 44.7 Å². The van der Waals surface area contributed by atoms with Crippen molar-refractivity contribution in [1.29, 1.82) is 0 Å². The largest absolute Gasteiger partial charge is 0.384 e. The van der Waals surface area contributed by atoms with Crippen LogP contribution in [0.4, 0.5) is 0 Å². The Morgan fingerprint density at radius 2 is 2.19 bits per heavy atom. The summed E-state index contributed by atoms with van der Waals surface area (Å²) >= 11 is 0. The van der Waals surface area contributed by atoms with Crippen molar-refractivity contribution in [3.05, 3.63) is 0 Å². The van der Waals surface area contributed by atoms with Gasteiger partial charge >= 0.3 is 0 Å². The summed E-state index contributed by atoms with van der Waals surface area (Å²) < 4.78 is 5.25. The quantitative estimate of drug-likeness (QED) is 0.712. The summed E-state index contributed by atoms with van der Waals surface area (Å²) in [5.41, 5.74) is 0. The standard InChI is InChI=1S/C13H26N2O/c1-3-13(8-14-12-4-5-12)15-7-6-11(9-15)10-16-2/h11-14H,3-10H2,1-2H3. The minimum absolute atomic E-state index is 0.738. The molecule has 3 nitrogen and oxygen atoms in total. The summed E-state index contributed by atoms with van der Waals surface area (Å²) in [4.78, 5) is 2.65. The molecule has 1 aliphatic heterocycles. The predicted octanol–water partition coefficient (Wildman–Crippen LogP) is 1.49. The molecule has 0 bridgehead atoms. The van der Waals surface area contributed by atoms with Gasteiger partial charge in [-0.3, -0.25) is 4.90 Å². The second-order valence-corrected chi connectivity index (χ2v) is 5.35. The van der Waals surface area contributed by atoms with E-state index in [1.807, 2.05) is 7.11 Å². The molecule has 3 heteroatoms. The van der Waals surface area contributed by atoms with Gasteiger partial charge in [0.25, 0.3) is 0 Å². The molecular weight excluding hydrogens is 200 g/mol. The molecule has 0 spiro atoms. The number of rotatable bonds is 7. The molecule has 94 valence electrons. The Hall–Kier alpha value is -0.120. The van der Waals surface area contributed by atoms with Crippen LogP contribution >= 0.6 is 0 Å². The molecule has 2 rings (SSSR count). The Morgan fingerprint density at radius 1 is 1.38 bits per heavy atom. The normalized spacial score (nSPS) is 28.5. The van der Waals surface area contributed by atoms with Gasteiger partial charge in [-0.1, -0.05) is 6.92 Å². The van der Waals surface area contributed by atoms with Gasteiger partial charge in [-0.2, -0.15) is 0 Å². The van der Waals surface area contributed by atoms with Crippen LogP contribution in [-0.2, 0) is 4.74 Å². The third-order valence-electron chi connectivity index (χ3n) is 3.93. The average Bonchev–Trinajstić information content (AvgIpc) is 3.00. The minimum atomic E-state index is 0.738. The van der Waals surface area contributed by atoms with Crippen LogP contribution in [0.1, 0.15) is 32.6 Å². The van der Waals surface area contributed by atoms with E-state index in [2.05, 4.69) is 17.1 Å². The molecule has 1 aliphatic carbocycles. The molecule has 0 radical (unpaired) electrons. The number of hydrogen-bond donors (Lipinski definition) is 1. The Bertz CT molecular complexity index is 206. The molecule has 1 saturated carbocycles. The maximum Gasteiger partial charge on any atom is 0.0503 e. The van der Waals surface area contributed by atoms with Crippen molar-refractivity contribution >= 4 is 0 Å². The molecule has 1 saturated heterocycles. The Morgan fingerprint density at radius 3 is 2.81 bits per heavy atom. The second kappa shape index (κ2) is 5.99. The fourth-order valence-electron chi connectivity index (χ4n) is 2.69. The maximum atomic E-state index is 5.25. The molecule has 2 atom stereocenters. The fraction of sp³-hybridized carbons (Fsp3) is 1.00. The molecule has 16 heavy (non-hydrogen) atoms. The van der Waals surface area contributed by atoms with Crippen LogP contribution in [0.3, 0.4) is 0 Å². The van der Waals surface area contributed by atoms with Crippen molar-refractivity contribution in [2.24, 2.45) is 5.92 Å². The molecule has 1 N–H and O–H groups in total. The van der Waals surface area contributed by atoms with Gasteiger partial charge in [0, 0.05) is 32.3 Å². The van der Waals surface area contributed by atoms with Crippen LogP contribution in [0, 0.1) is 5.92 Å². The minimum Gasteiger partial charge on any atom is -0.384 e. The summed E-state index contributed by atoms with van der Waals surface area (Å²) in [6.45, 7) is 6.92. The van der Waals surface area contributed by atoms with E-state index in [-0.39, 0.29) is 0 Å².